The number of hydrogen-bond acceptors (Lipinski definition) is 9. The Bertz CT molecular complexity index is 1590. The molecule has 54 heavy (non-hydrogen) atoms. The topological polar surface area (TPSA) is 149 Å². The number of likely N-dealkylation sites (tertiary alicyclic amines) is 1. The highest BCUT2D eigenvalue weighted by Crippen LogP contribution is 2.35. The summed E-state index contributed by atoms with van der Waals surface area (Å²) >= 11 is 1.19. The van der Waals surface area contributed by atoms with E-state index in [1.807, 2.05) is 72.9 Å². The standard InChI is InChI=1S/C41H63N5O7S/c1-12-27(5)31(22-35(47)41(7)18-13-19-45(41)10)38(49)46(11)33(25(2)3)23-34(53-40(52)44(8)9)37-43-32(24-54-37)36(48)42-30(20-28(6)39(50)51)21-29-16-14-26(4)15-17-29/h14-17,24-25,27-28,30-31,33-34H,12-13,18-23H2,1-11H3,(H,42,48)(H,50,51)/t27-,28-,30+,31-,33+,34+,41+/m0/s1. The molecule has 7 atom stereocenters. The second kappa shape index (κ2) is 19.7. The molecule has 0 saturated carbocycles. The number of amides is 3. The Morgan fingerprint density at radius 2 is 1.70 bits per heavy atom. The van der Waals surface area contributed by atoms with Gasteiger partial charge in [-0.05, 0) is 70.5 Å². The summed E-state index contributed by atoms with van der Waals surface area (Å²) < 4.78 is 5.98. The number of nitrogens with one attached hydrogen (secondary N) is 1. The third kappa shape index (κ3) is 11.6. The average molecular weight is 770 g/mol. The Hall–Kier alpha value is -3.84. The zero-order chi connectivity index (χ0) is 40.5. The zero-order valence-electron chi connectivity index (χ0n) is 34.2. The number of rotatable bonds is 19. The number of ketones is 1. The van der Waals surface area contributed by atoms with E-state index in [-0.39, 0.29) is 54.5 Å². The minimum absolute atomic E-state index is 0.0252. The Morgan fingerprint density at radius 1 is 1.06 bits per heavy atom. The molecule has 0 bridgehead atoms. The third-order valence-electron chi connectivity index (χ3n) is 11.4. The fourth-order valence-corrected chi connectivity index (χ4v) is 8.00. The van der Waals surface area contributed by atoms with Gasteiger partial charge in [0.15, 0.2) is 11.9 Å². The van der Waals surface area contributed by atoms with Crippen molar-refractivity contribution in [2.45, 2.75) is 117 Å². The molecule has 12 nitrogen and oxygen atoms in total. The molecule has 1 aromatic heterocycles. The average Bonchev–Trinajstić information content (AvgIpc) is 3.75. The van der Waals surface area contributed by atoms with Crippen molar-refractivity contribution in [2.75, 3.05) is 34.7 Å². The molecule has 13 heteroatoms. The monoisotopic (exact) mass is 769 g/mol. The molecule has 3 rings (SSSR count). The Morgan fingerprint density at radius 3 is 2.24 bits per heavy atom. The SMILES string of the molecule is CC[C@H](C)[C@H](CC(=O)[C@@]1(C)CCCN1C)C(=O)N(C)[C@H](C[C@@H](OC(=O)N(C)C)c1nc(C(=O)N[C@@H](Cc2ccc(C)cc2)C[C@H](C)C(=O)O)cs1)C(C)C. The highest BCUT2D eigenvalue weighted by molar-refractivity contribution is 7.09. The van der Waals surface area contributed by atoms with Crippen molar-refractivity contribution >= 4 is 41.0 Å². The first-order valence-corrected chi connectivity index (χ1v) is 20.1. The van der Waals surface area contributed by atoms with E-state index in [1.165, 1.54) is 16.2 Å². The second-order valence-electron chi connectivity index (χ2n) is 16.1. The van der Waals surface area contributed by atoms with E-state index >= 15 is 0 Å². The minimum Gasteiger partial charge on any atom is -0.481 e. The summed E-state index contributed by atoms with van der Waals surface area (Å²) in [6.07, 6.45) is 2.05. The molecule has 1 saturated heterocycles. The molecule has 1 aromatic carbocycles. The van der Waals surface area contributed by atoms with Crippen molar-refractivity contribution in [1.82, 2.24) is 25.0 Å². The predicted molar refractivity (Wildman–Crippen MR) is 211 cm³/mol. The summed E-state index contributed by atoms with van der Waals surface area (Å²) in [6.45, 7) is 14.5. The molecular weight excluding hydrogens is 707 g/mol. The lowest BCUT2D eigenvalue weighted by molar-refractivity contribution is -0.144. The fourth-order valence-electron chi connectivity index (χ4n) is 7.16. The lowest BCUT2D eigenvalue weighted by Crippen LogP contribution is -2.50. The lowest BCUT2D eigenvalue weighted by Gasteiger charge is -2.38. The molecule has 1 aliphatic rings. The van der Waals surface area contributed by atoms with Gasteiger partial charge in [0.05, 0.1) is 11.5 Å². The third-order valence-corrected chi connectivity index (χ3v) is 12.3. The van der Waals surface area contributed by atoms with Gasteiger partial charge in [0.1, 0.15) is 10.7 Å². The van der Waals surface area contributed by atoms with Gasteiger partial charge in [-0.15, -0.1) is 11.3 Å². The van der Waals surface area contributed by atoms with Crippen LogP contribution in [0.3, 0.4) is 0 Å². The molecule has 1 fully saturated rings. The fraction of sp³-hybridized carbons (Fsp3) is 0.659. The van der Waals surface area contributed by atoms with Crippen LogP contribution in [0.1, 0.15) is 113 Å². The summed E-state index contributed by atoms with van der Waals surface area (Å²) in [5.41, 5.74) is 1.61. The molecule has 0 aliphatic carbocycles. The van der Waals surface area contributed by atoms with Crippen molar-refractivity contribution < 1.29 is 33.8 Å². The molecule has 0 unspecified atom stereocenters. The number of ether oxygens (including phenoxy) is 1. The van der Waals surface area contributed by atoms with E-state index in [9.17, 15) is 29.1 Å². The number of thiazole rings is 1. The molecule has 300 valence electrons. The molecule has 2 heterocycles. The number of carboxylic acid groups (broad SMARTS) is 1. The van der Waals surface area contributed by atoms with Crippen LogP contribution < -0.4 is 5.32 Å². The first-order valence-electron chi connectivity index (χ1n) is 19.2. The van der Waals surface area contributed by atoms with E-state index in [4.69, 9.17) is 4.74 Å². The number of carbonyl (C=O) groups is 5. The van der Waals surface area contributed by atoms with Crippen molar-refractivity contribution in [3.63, 3.8) is 0 Å². The summed E-state index contributed by atoms with van der Waals surface area (Å²) in [5, 5.41) is 14.6. The van der Waals surface area contributed by atoms with Gasteiger partial charge in [0.25, 0.3) is 5.91 Å². The maximum atomic E-state index is 14.4. The number of likely N-dealkylation sites (N-methyl/N-ethyl adjacent to an activating group) is 1. The highest BCUT2D eigenvalue weighted by atomic mass is 32.1. The number of aliphatic carboxylic acids is 1. The number of aryl methyl sites for hydroxylation is 1. The van der Waals surface area contributed by atoms with E-state index in [0.29, 0.717) is 11.4 Å². The van der Waals surface area contributed by atoms with Gasteiger partial charge in [-0.2, -0.15) is 0 Å². The maximum absolute atomic E-state index is 14.4. The van der Waals surface area contributed by atoms with Crippen LogP contribution in [0.25, 0.3) is 0 Å². The predicted octanol–water partition coefficient (Wildman–Crippen LogP) is 6.62. The summed E-state index contributed by atoms with van der Waals surface area (Å²) in [7, 11) is 6.89. The summed E-state index contributed by atoms with van der Waals surface area (Å²) in [4.78, 5) is 76.3. The van der Waals surface area contributed by atoms with Crippen molar-refractivity contribution in [1.29, 1.82) is 0 Å². The lowest BCUT2D eigenvalue weighted by atomic mass is 9.80. The van der Waals surface area contributed by atoms with E-state index in [0.717, 1.165) is 36.9 Å². The second-order valence-corrected chi connectivity index (χ2v) is 17.0. The van der Waals surface area contributed by atoms with Crippen LogP contribution in [0.15, 0.2) is 29.6 Å². The molecule has 2 N–H and O–H groups in total. The smallest absolute Gasteiger partial charge is 0.409 e. The number of carboxylic acids is 1. The summed E-state index contributed by atoms with van der Waals surface area (Å²) in [5.74, 6) is -2.70. The van der Waals surface area contributed by atoms with Crippen LogP contribution in [-0.4, -0.2) is 107 Å². The number of benzene rings is 1. The van der Waals surface area contributed by atoms with Gasteiger partial charge < -0.3 is 25.0 Å². The quantitative estimate of drug-likeness (QED) is 0.161. The van der Waals surface area contributed by atoms with Gasteiger partial charge in [-0.25, -0.2) is 9.78 Å². The first-order chi connectivity index (χ1) is 25.3. The number of hydrogen-bond donors (Lipinski definition) is 2. The van der Waals surface area contributed by atoms with Crippen LogP contribution in [0.5, 0.6) is 0 Å². The van der Waals surface area contributed by atoms with Crippen LogP contribution in [0.2, 0.25) is 0 Å². The maximum Gasteiger partial charge on any atom is 0.409 e. The van der Waals surface area contributed by atoms with Crippen molar-refractivity contribution in [2.24, 2.45) is 23.7 Å². The summed E-state index contributed by atoms with van der Waals surface area (Å²) in [6, 6.07) is 7.04. The van der Waals surface area contributed by atoms with Crippen LogP contribution in [0, 0.1) is 30.6 Å². The number of aromatic nitrogens is 1. The van der Waals surface area contributed by atoms with E-state index in [1.54, 1.807) is 38.3 Å². The molecule has 1 aliphatic heterocycles. The highest BCUT2D eigenvalue weighted by Gasteiger charge is 2.44. The van der Waals surface area contributed by atoms with Crippen molar-refractivity contribution in [3.05, 3.63) is 51.5 Å². The Kier molecular flexibility index (Phi) is 16.2. The molecular formula is C41H63N5O7S. The number of carbonyl (C=O) groups excluding carboxylic acids is 4. The van der Waals surface area contributed by atoms with Crippen molar-refractivity contribution in [3.8, 4) is 0 Å². The number of Topliss-reactive ketones (excluding diaryl/α,β-unsaturated/α-hetero) is 1. The molecule has 0 radical (unpaired) electrons. The van der Waals surface area contributed by atoms with E-state index < -0.39 is 47.5 Å². The van der Waals surface area contributed by atoms with Gasteiger partial charge in [0.2, 0.25) is 5.91 Å². The van der Waals surface area contributed by atoms with Crippen LogP contribution in [0.4, 0.5) is 4.79 Å². The van der Waals surface area contributed by atoms with Gasteiger partial charge in [-0.1, -0.05) is 70.9 Å². The van der Waals surface area contributed by atoms with Gasteiger partial charge in [0, 0.05) is 57.4 Å². The first kappa shape index (κ1) is 44.6. The minimum atomic E-state index is -0.944. The molecule has 2 aromatic rings. The normalized spacial score (nSPS) is 19.3. The van der Waals surface area contributed by atoms with Crippen LogP contribution in [-0.2, 0) is 25.5 Å². The molecule has 3 amide bonds. The Labute approximate surface area is 326 Å². The van der Waals surface area contributed by atoms with Gasteiger partial charge >= 0.3 is 12.1 Å². The van der Waals surface area contributed by atoms with Gasteiger partial charge in [-0.3, -0.25) is 24.1 Å². The number of nitrogens with zero attached hydrogens (tertiary/aromatic N) is 4. The van der Waals surface area contributed by atoms with E-state index in [2.05, 4.69) is 15.2 Å². The van der Waals surface area contributed by atoms with Crippen LogP contribution >= 0.6 is 11.3 Å². The largest absolute Gasteiger partial charge is 0.481 e. The zero-order valence-corrected chi connectivity index (χ0v) is 35.0. The molecule has 0 spiro atoms. The Balaban J connectivity index is 1.88.